The maximum atomic E-state index is 12.9. The van der Waals surface area contributed by atoms with Gasteiger partial charge in [-0.25, -0.2) is 0 Å². The van der Waals surface area contributed by atoms with Crippen LogP contribution in [-0.4, -0.2) is 60.6 Å². The molecule has 0 spiro atoms. The van der Waals surface area contributed by atoms with E-state index in [1.54, 1.807) is 0 Å². The van der Waals surface area contributed by atoms with Crippen molar-refractivity contribution >= 4 is 30.7 Å². The lowest BCUT2D eigenvalue weighted by Gasteiger charge is -2.46. The van der Waals surface area contributed by atoms with Gasteiger partial charge in [-0.05, 0) is 30.2 Å². The van der Waals surface area contributed by atoms with Crippen molar-refractivity contribution < 1.29 is 9.53 Å². The number of rotatable bonds is 5. The number of ether oxygens (including phenoxy) is 1. The van der Waals surface area contributed by atoms with Crippen LogP contribution in [0.4, 0.5) is 0 Å². The molecule has 2 fully saturated rings. The van der Waals surface area contributed by atoms with E-state index in [4.69, 9.17) is 10.5 Å². The number of nitrogens with two attached hydrogens (primary N) is 1. The predicted molar refractivity (Wildman–Crippen MR) is 118 cm³/mol. The first kappa shape index (κ1) is 25.2. The molecule has 2 aliphatic heterocycles. The van der Waals surface area contributed by atoms with E-state index < -0.39 is 0 Å². The van der Waals surface area contributed by atoms with Gasteiger partial charge in [-0.1, -0.05) is 44.2 Å². The molecule has 2 N–H and O–H groups in total. The van der Waals surface area contributed by atoms with Crippen LogP contribution >= 0.6 is 24.8 Å². The summed E-state index contributed by atoms with van der Waals surface area (Å²) in [6, 6.07) is 10.9. The number of hydrogen-bond acceptors (Lipinski definition) is 4. The van der Waals surface area contributed by atoms with E-state index in [1.165, 1.54) is 5.56 Å². The van der Waals surface area contributed by atoms with Gasteiger partial charge in [0, 0.05) is 39.3 Å². The molecule has 2 saturated heterocycles. The van der Waals surface area contributed by atoms with Gasteiger partial charge < -0.3 is 15.4 Å². The Morgan fingerprint density at radius 2 is 1.75 bits per heavy atom. The van der Waals surface area contributed by atoms with Gasteiger partial charge in [-0.2, -0.15) is 0 Å². The standard InChI is InChI=1S/C21H33N3O2.2ClH/c1-15-12-24(14-17-7-5-4-6-8-17)13-16(2)20(15)23(3)21(25)19-10-9-18(11-22)26-19;;/h4-8,15-16,18-20H,9-14,22H2,1-3H3;2*1H/t15?,16?,18-,19+,20?;;/m1../s1. The number of carbonyl (C=O) groups is 1. The maximum absolute atomic E-state index is 12.9. The molecule has 0 bridgehead atoms. The molecule has 0 aromatic heterocycles. The average molecular weight is 432 g/mol. The molecule has 0 aliphatic carbocycles. The molecule has 4 atom stereocenters. The summed E-state index contributed by atoms with van der Waals surface area (Å²) in [6.45, 7) is 8.03. The molecule has 1 amide bonds. The van der Waals surface area contributed by atoms with Crippen LogP contribution in [0.2, 0.25) is 0 Å². The van der Waals surface area contributed by atoms with Gasteiger partial charge in [0.2, 0.25) is 0 Å². The van der Waals surface area contributed by atoms with Crippen molar-refractivity contribution in [3.8, 4) is 0 Å². The Morgan fingerprint density at radius 3 is 2.29 bits per heavy atom. The first-order chi connectivity index (χ1) is 12.5. The van der Waals surface area contributed by atoms with Gasteiger partial charge in [-0.3, -0.25) is 9.69 Å². The molecule has 7 heteroatoms. The fourth-order valence-corrected chi connectivity index (χ4v) is 4.83. The van der Waals surface area contributed by atoms with Crippen molar-refractivity contribution in [1.82, 2.24) is 9.80 Å². The summed E-state index contributed by atoms with van der Waals surface area (Å²) in [5, 5.41) is 0. The summed E-state index contributed by atoms with van der Waals surface area (Å²) in [4.78, 5) is 17.4. The second-order valence-electron chi connectivity index (χ2n) is 8.13. The van der Waals surface area contributed by atoms with Gasteiger partial charge in [0.1, 0.15) is 6.10 Å². The average Bonchev–Trinajstić information content (AvgIpc) is 3.10. The SMILES string of the molecule is CC1CN(Cc2ccccc2)CC(C)C1N(C)C(=O)[C@@H]1CC[C@H](CN)O1.Cl.Cl. The van der Waals surface area contributed by atoms with E-state index in [0.717, 1.165) is 32.5 Å². The Bertz CT molecular complexity index is 593. The minimum absolute atomic E-state index is 0. The molecule has 0 radical (unpaired) electrons. The van der Waals surface area contributed by atoms with E-state index in [-0.39, 0.29) is 49.0 Å². The number of likely N-dealkylation sites (tertiary alicyclic amines) is 1. The molecular weight excluding hydrogens is 397 g/mol. The predicted octanol–water partition coefficient (Wildman–Crippen LogP) is 2.95. The third kappa shape index (κ3) is 5.83. The number of amides is 1. The summed E-state index contributed by atoms with van der Waals surface area (Å²) in [5.41, 5.74) is 7.03. The Labute approximate surface area is 181 Å². The van der Waals surface area contributed by atoms with Crippen LogP contribution in [-0.2, 0) is 16.1 Å². The fraction of sp³-hybridized carbons (Fsp3) is 0.667. The number of benzene rings is 1. The highest BCUT2D eigenvalue weighted by Crippen LogP contribution is 2.29. The van der Waals surface area contributed by atoms with Crippen molar-refractivity contribution in [2.24, 2.45) is 17.6 Å². The van der Waals surface area contributed by atoms with Crippen LogP contribution in [0, 0.1) is 11.8 Å². The molecule has 2 unspecified atom stereocenters. The maximum Gasteiger partial charge on any atom is 0.251 e. The van der Waals surface area contributed by atoms with Gasteiger partial charge >= 0.3 is 0 Å². The third-order valence-electron chi connectivity index (χ3n) is 5.95. The second-order valence-corrected chi connectivity index (χ2v) is 8.13. The Balaban J connectivity index is 0.00000196. The third-order valence-corrected chi connectivity index (χ3v) is 5.95. The van der Waals surface area contributed by atoms with Crippen molar-refractivity contribution in [3.63, 3.8) is 0 Å². The highest BCUT2D eigenvalue weighted by molar-refractivity contribution is 5.85. The molecular formula is C21H35Cl2N3O2. The summed E-state index contributed by atoms with van der Waals surface area (Å²) in [5.74, 6) is 0.993. The molecule has 1 aromatic rings. The van der Waals surface area contributed by atoms with Gasteiger partial charge in [0.15, 0.2) is 0 Å². The van der Waals surface area contributed by atoms with Crippen LogP contribution in [0.5, 0.6) is 0 Å². The Hall–Kier alpha value is -0.850. The van der Waals surface area contributed by atoms with E-state index in [2.05, 4.69) is 49.1 Å². The Morgan fingerprint density at radius 1 is 1.14 bits per heavy atom. The minimum atomic E-state index is -0.310. The summed E-state index contributed by atoms with van der Waals surface area (Å²) in [6.07, 6.45) is 1.41. The van der Waals surface area contributed by atoms with Crippen LogP contribution in [0.1, 0.15) is 32.3 Å². The number of carbonyl (C=O) groups excluding carboxylic acids is 1. The molecule has 1 aromatic carbocycles. The zero-order chi connectivity index (χ0) is 18.7. The number of nitrogens with zero attached hydrogens (tertiary/aromatic N) is 2. The van der Waals surface area contributed by atoms with E-state index in [1.807, 2.05) is 11.9 Å². The van der Waals surface area contributed by atoms with Gasteiger partial charge in [-0.15, -0.1) is 24.8 Å². The number of likely N-dealkylation sites (N-methyl/N-ethyl adjacent to an activating group) is 1. The first-order valence-electron chi connectivity index (χ1n) is 9.88. The molecule has 2 heterocycles. The molecule has 2 aliphatic rings. The Kier molecular flexibility index (Phi) is 10.2. The van der Waals surface area contributed by atoms with Crippen molar-refractivity contribution in [2.45, 2.75) is 51.5 Å². The van der Waals surface area contributed by atoms with Crippen LogP contribution in [0.15, 0.2) is 30.3 Å². The van der Waals surface area contributed by atoms with Crippen molar-refractivity contribution in [1.29, 1.82) is 0 Å². The van der Waals surface area contributed by atoms with Crippen LogP contribution in [0.25, 0.3) is 0 Å². The van der Waals surface area contributed by atoms with Gasteiger partial charge in [0.25, 0.3) is 5.91 Å². The lowest BCUT2D eigenvalue weighted by atomic mass is 9.84. The monoisotopic (exact) mass is 431 g/mol. The second kappa shape index (κ2) is 11.4. The highest BCUT2D eigenvalue weighted by Gasteiger charge is 2.40. The number of hydrogen-bond donors (Lipinski definition) is 1. The summed E-state index contributed by atoms with van der Waals surface area (Å²) >= 11 is 0. The largest absolute Gasteiger partial charge is 0.364 e. The molecule has 5 nitrogen and oxygen atoms in total. The quantitative estimate of drug-likeness (QED) is 0.778. The van der Waals surface area contributed by atoms with Gasteiger partial charge in [0.05, 0.1) is 6.10 Å². The number of piperidine rings is 1. The lowest BCUT2D eigenvalue weighted by Crippen LogP contribution is -2.56. The van der Waals surface area contributed by atoms with Crippen LogP contribution in [0.3, 0.4) is 0 Å². The first-order valence-corrected chi connectivity index (χ1v) is 9.88. The topological polar surface area (TPSA) is 58.8 Å². The smallest absolute Gasteiger partial charge is 0.251 e. The zero-order valence-corrected chi connectivity index (χ0v) is 18.8. The van der Waals surface area contributed by atoms with E-state index in [0.29, 0.717) is 18.4 Å². The lowest BCUT2D eigenvalue weighted by molar-refractivity contribution is -0.147. The van der Waals surface area contributed by atoms with Crippen LogP contribution < -0.4 is 5.73 Å². The fourth-order valence-electron chi connectivity index (χ4n) is 4.83. The number of halogens is 2. The van der Waals surface area contributed by atoms with Crippen molar-refractivity contribution in [2.75, 3.05) is 26.7 Å². The van der Waals surface area contributed by atoms with E-state index in [9.17, 15) is 4.79 Å². The molecule has 160 valence electrons. The molecule has 3 rings (SSSR count). The van der Waals surface area contributed by atoms with Crippen molar-refractivity contribution in [3.05, 3.63) is 35.9 Å². The summed E-state index contributed by atoms with van der Waals surface area (Å²) < 4.78 is 5.83. The summed E-state index contributed by atoms with van der Waals surface area (Å²) in [7, 11) is 1.95. The zero-order valence-electron chi connectivity index (χ0n) is 17.1. The minimum Gasteiger partial charge on any atom is -0.364 e. The normalized spacial score (nSPS) is 30.2. The highest BCUT2D eigenvalue weighted by atomic mass is 35.5. The van der Waals surface area contributed by atoms with E-state index >= 15 is 0 Å². The molecule has 0 saturated carbocycles. The molecule has 28 heavy (non-hydrogen) atoms.